The number of hydrogen-bond donors (Lipinski definition) is 2. The Kier molecular flexibility index (Phi) is 3.99. The topological polar surface area (TPSA) is 61.8 Å². The van der Waals surface area contributed by atoms with Gasteiger partial charge in [-0.2, -0.15) is 5.26 Å². The molecule has 4 heteroatoms. The summed E-state index contributed by atoms with van der Waals surface area (Å²) < 4.78 is 12.7. The molecule has 0 bridgehead atoms. The predicted molar refractivity (Wildman–Crippen MR) is 74.2 cm³/mol. The first-order chi connectivity index (χ1) is 9.20. The van der Waals surface area contributed by atoms with Crippen molar-refractivity contribution in [3.05, 3.63) is 59.4 Å². The fourth-order valence-electron chi connectivity index (χ4n) is 1.81. The van der Waals surface area contributed by atoms with Gasteiger partial charge in [-0.05, 0) is 36.2 Å². The molecule has 96 valence electrons. The maximum atomic E-state index is 12.7. The van der Waals surface area contributed by atoms with Crippen LogP contribution in [0, 0.1) is 17.1 Å². The second-order valence-electron chi connectivity index (χ2n) is 4.18. The number of anilines is 2. The Morgan fingerprint density at radius 2 is 1.89 bits per heavy atom. The molecule has 0 amide bonds. The summed E-state index contributed by atoms with van der Waals surface area (Å²) in [6.07, 6.45) is 0.760. The van der Waals surface area contributed by atoms with Crippen LogP contribution in [0.5, 0.6) is 0 Å². The van der Waals surface area contributed by atoms with E-state index in [2.05, 4.69) is 5.32 Å². The largest absolute Gasteiger partial charge is 0.396 e. The van der Waals surface area contributed by atoms with E-state index in [1.54, 1.807) is 24.3 Å². The van der Waals surface area contributed by atoms with Gasteiger partial charge in [-0.3, -0.25) is 0 Å². The smallest absolute Gasteiger partial charge is 0.123 e. The number of halogens is 1. The molecular weight excluding hydrogens is 241 g/mol. The van der Waals surface area contributed by atoms with E-state index in [-0.39, 0.29) is 5.82 Å². The number of rotatable bonds is 4. The molecule has 3 nitrogen and oxygen atoms in total. The van der Waals surface area contributed by atoms with Crippen molar-refractivity contribution in [1.29, 1.82) is 5.26 Å². The van der Waals surface area contributed by atoms with E-state index < -0.39 is 0 Å². The van der Waals surface area contributed by atoms with Gasteiger partial charge in [0.2, 0.25) is 0 Å². The normalized spacial score (nSPS) is 9.89. The van der Waals surface area contributed by atoms with Gasteiger partial charge >= 0.3 is 0 Å². The lowest BCUT2D eigenvalue weighted by molar-refractivity contribution is 0.627. The zero-order valence-electron chi connectivity index (χ0n) is 10.4. The molecule has 2 rings (SSSR count). The molecule has 0 unspecified atom stereocenters. The Morgan fingerprint density at radius 1 is 1.16 bits per heavy atom. The van der Waals surface area contributed by atoms with Gasteiger partial charge < -0.3 is 11.1 Å². The van der Waals surface area contributed by atoms with Crippen LogP contribution in [-0.2, 0) is 6.42 Å². The number of nitrogens with two attached hydrogens (primary N) is 1. The fraction of sp³-hybridized carbons (Fsp3) is 0.133. The summed E-state index contributed by atoms with van der Waals surface area (Å²) >= 11 is 0. The average Bonchev–Trinajstić information content (AvgIpc) is 2.43. The minimum Gasteiger partial charge on any atom is -0.396 e. The number of nitrogen functional groups attached to an aromatic ring is 1. The summed E-state index contributed by atoms with van der Waals surface area (Å²) in [7, 11) is 0. The van der Waals surface area contributed by atoms with Crippen molar-refractivity contribution in [2.24, 2.45) is 0 Å². The Hall–Kier alpha value is -2.54. The van der Waals surface area contributed by atoms with E-state index in [4.69, 9.17) is 11.0 Å². The monoisotopic (exact) mass is 255 g/mol. The Bertz CT molecular complexity index is 600. The minimum absolute atomic E-state index is 0.234. The van der Waals surface area contributed by atoms with Gasteiger partial charge in [-0.15, -0.1) is 0 Å². The van der Waals surface area contributed by atoms with Crippen LogP contribution in [0.3, 0.4) is 0 Å². The van der Waals surface area contributed by atoms with Gasteiger partial charge in [0.15, 0.2) is 0 Å². The van der Waals surface area contributed by atoms with Crippen LogP contribution in [0.25, 0.3) is 0 Å². The molecule has 2 aromatic carbocycles. The summed E-state index contributed by atoms with van der Waals surface area (Å²) in [5.41, 5.74) is 8.58. The average molecular weight is 255 g/mol. The van der Waals surface area contributed by atoms with Crippen molar-refractivity contribution in [2.75, 3.05) is 17.6 Å². The first-order valence-corrected chi connectivity index (χ1v) is 5.97. The first kappa shape index (κ1) is 12.9. The lowest BCUT2D eigenvalue weighted by Gasteiger charge is -2.10. The maximum absolute atomic E-state index is 12.7. The number of benzene rings is 2. The molecule has 19 heavy (non-hydrogen) atoms. The molecule has 0 aliphatic carbocycles. The van der Waals surface area contributed by atoms with Crippen molar-refractivity contribution in [3.63, 3.8) is 0 Å². The third kappa shape index (κ3) is 3.23. The molecule has 0 fully saturated rings. The van der Waals surface area contributed by atoms with E-state index in [1.807, 2.05) is 12.1 Å². The second-order valence-corrected chi connectivity index (χ2v) is 4.18. The highest BCUT2D eigenvalue weighted by molar-refractivity contribution is 5.72. The van der Waals surface area contributed by atoms with Gasteiger partial charge in [0.1, 0.15) is 11.9 Å². The lowest BCUT2D eigenvalue weighted by atomic mass is 10.1. The highest BCUT2D eigenvalue weighted by atomic mass is 19.1. The molecule has 0 heterocycles. The van der Waals surface area contributed by atoms with Crippen LogP contribution in [-0.4, -0.2) is 6.54 Å². The molecule has 0 saturated heterocycles. The zero-order valence-corrected chi connectivity index (χ0v) is 10.4. The minimum atomic E-state index is -0.234. The third-order valence-electron chi connectivity index (χ3n) is 2.87. The van der Waals surface area contributed by atoms with Crippen LogP contribution in [0.4, 0.5) is 15.8 Å². The van der Waals surface area contributed by atoms with E-state index in [0.29, 0.717) is 17.8 Å². The molecule has 0 saturated carbocycles. The lowest BCUT2D eigenvalue weighted by Crippen LogP contribution is -2.07. The Morgan fingerprint density at radius 3 is 2.58 bits per heavy atom. The Balaban J connectivity index is 1.96. The second kappa shape index (κ2) is 5.87. The van der Waals surface area contributed by atoms with Gasteiger partial charge in [0.25, 0.3) is 0 Å². The van der Waals surface area contributed by atoms with Crippen molar-refractivity contribution < 1.29 is 4.39 Å². The summed E-state index contributed by atoms with van der Waals surface area (Å²) in [4.78, 5) is 0. The van der Waals surface area contributed by atoms with E-state index in [1.165, 1.54) is 12.1 Å². The van der Waals surface area contributed by atoms with Crippen molar-refractivity contribution in [1.82, 2.24) is 0 Å². The van der Waals surface area contributed by atoms with Crippen molar-refractivity contribution >= 4 is 11.4 Å². The van der Waals surface area contributed by atoms with E-state index in [9.17, 15) is 4.39 Å². The quantitative estimate of drug-likeness (QED) is 0.826. The molecule has 0 aliphatic heterocycles. The third-order valence-corrected chi connectivity index (χ3v) is 2.87. The number of nitriles is 1. The molecule has 0 aliphatic rings. The molecular formula is C15H14FN3. The van der Waals surface area contributed by atoms with Crippen molar-refractivity contribution in [2.45, 2.75) is 6.42 Å². The van der Waals surface area contributed by atoms with Crippen LogP contribution < -0.4 is 11.1 Å². The van der Waals surface area contributed by atoms with Crippen LogP contribution >= 0.6 is 0 Å². The first-order valence-electron chi connectivity index (χ1n) is 5.97. The highest BCUT2D eigenvalue weighted by Crippen LogP contribution is 2.21. The van der Waals surface area contributed by atoms with Crippen LogP contribution in [0.2, 0.25) is 0 Å². The van der Waals surface area contributed by atoms with Crippen LogP contribution in [0.1, 0.15) is 11.1 Å². The highest BCUT2D eigenvalue weighted by Gasteiger charge is 2.03. The van der Waals surface area contributed by atoms with E-state index in [0.717, 1.165) is 17.7 Å². The van der Waals surface area contributed by atoms with Gasteiger partial charge in [-0.25, -0.2) is 4.39 Å². The molecule has 0 atom stereocenters. The van der Waals surface area contributed by atoms with Gasteiger partial charge in [0.05, 0.1) is 16.9 Å². The number of hydrogen-bond acceptors (Lipinski definition) is 3. The summed E-state index contributed by atoms with van der Waals surface area (Å²) in [6.45, 7) is 0.671. The number of nitrogens with zero attached hydrogens (tertiary/aromatic N) is 1. The van der Waals surface area contributed by atoms with E-state index >= 15 is 0 Å². The molecule has 2 aromatic rings. The standard InChI is InChI=1S/C15H14FN3/c16-13-6-4-11(5-7-13)8-9-19-14-3-1-2-12(10-17)15(14)18/h1-7,19H,8-9,18H2. The molecule has 0 spiro atoms. The summed E-state index contributed by atoms with van der Waals surface area (Å²) in [6, 6.07) is 13.7. The van der Waals surface area contributed by atoms with Gasteiger partial charge in [0, 0.05) is 6.54 Å². The number of nitrogens with one attached hydrogen (secondary N) is 1. The Labute approximate surface area is 111 Å². The molecule has 0 radical (unpaired) electrons. The van der Waals surface area contributed by atoms with Gasteiger partial charge in [-0.1, -0.05) is 18.2 Å². The van der Waals surface area contributed by atoms with Crippen LogP contribution in [0.15, 0.2) is 42.5 Å². The SMILES string of the molecule is N#Cc1cccc(NCCc2ccc(F)cc2)c1N. The fourth-order valence-corrected chi connectivity index (χ4v) is 1.81. The number of para-hydroxylation sites is 1. The zero-order chi connectivity index (χ0) is 13.7. The molecule has 3 N–H and O–H groups in total. The molecule has 0 aromatic heterocycles. The maximum Gasteiger partial charge on any atom is 0.123 e. The van der Waals surface area contributed by atoms with Crippen molar-refractivity contribution in [3.8, 4) is 6.07 Å². The predicted octanol–water partition coefficient (Wildman–Crippen LogP) is 2.93. The summed E-state index contributed by atoms with van der Waals surface area (Å²) in [5.74, 6) is -0.234. The summed E-state index contributed by atoms with van der Waals surface area (Å²) in [5, 5.41) is 12.1.